The Labute approximate surface area is 541 Å². The Morgan fingerprint density at radius 3 is 2.14 bits per heavy atom. The Morgan fingerprint density at radius 1 is 0.731 bits per heavy atom. The van der Waals surface area contributed by atoms with E-state index >= 15 is 0 Å². The summed E-state index contributed by atoms with van der Waals surface area (Å²) >= 11 is 0. The molecule has 5 heterocycles. The number of carbonyl (C=O) groups is 5. The van der Waals surface area contributed by atoms with Crippen LogP contribution >= 0.6 is 0 Å². The number of nitrogens with one attached hydrogen (secondary N) is 5. The zero-order chi connectivity index (χ0) is 65.5. The Morgan fingerprint density at radius 2 is 1.42 bits per heavy atom. The van der Waals surface area contributed by atoms with Crippen LogP contribution in [0.25, 0.3) is 44.8 Å². The van der Waals surface area contributed by atoms with Crippen LogP contribution in [0.4, 0.5) is 21.9 Å². The summed E-state index contributed by atoms with van der Waals surface area (Å²) < 4.78 is 40.5. The van der Waals surface area contributed by atoms with Crippen LogP contribution in [0.15, 0.2) is 109 Å². The summed E-state index contributed by atoms with van der Waals surface area (Å²) in [6, 6.07) is 28.1. The molecule has 1 unspecified atom stereocenters. The van der Waals surface area contributed by atoms with E-state index in [9.17, 15) is 24.0 Å². The lowest BCUT2D eigenvalue weighted by atomic mass is 10.0. The molecule has 3 aliphatic rings. The Bertz CT molecular complexity index is 3730. The maximum atomic E-state index is 14.4. The highest BCUT2D eigenvalue weighted by Gasteiger charge is 2.45. The molecule has 3 saturated heterocycles. The van der Waals surface area contributed by atoms with Crippen molar-refractivity contribution in [3.8, 4) is 40.0 Å². The van der Waals surface area contributed by atoms with Crippen molar-refractivity contribution in [1.82, 2.24) is 45.3 Å². The zero-order valence-electron chi connectivity index (χ0n) is 53.9. The summed E-state index contributed by atoms with van der Waals surface area (Å²) in [6.07, 6.45) is 1.39. The first-order chi connectivity index (χ1) is 45.0. The number of imidazole rings is 2. The van der Waals surface area contributed by atoms with E-state index in [1.54, 1.807) is 62.1 Å². The van der Waals surface area contributed by atoms with Crippen molar-refractivity contribution in [2.75, 3.05) is 116 Å². The molecule has 5 aromatic carbocycles. The smallest absolute Gasteiger partial charge is 0.412 e. The molecular formula is C69H86N12O12. The van der Waals surface area contributed by atoms with Crippen LogP contribution in [-0.2, 0) is 39.9 Å². The second-order valence-electron chi connectivity index (χ2n) is 24.0. The second-order valence-corrected chi connectivity index (χ2v) is 24.0. The number of anilines is 3. The molecule has 93 heavy (non-hydrogen) atoms. The van der Waals surface area contributed by atoms with Crippen molar-refractivity contribution in [2.45, 2.75) is 90.8 Å². The van der Waals surface area contributed by atoms with E-state index < -0.39 is 42.3 Å². The number of aromatic nitrogens is 4. The highest BCUT2D eigenvalue weighted by Crippen LogP contribution is 2.37. The minimum absolute atomic E-state index is 0.0718. The van der Waals surface area contributed by atoms with Gasteiger partial charge in [-0.1, -0.05) is 38.1 Å². The third-order valence-corrected chi connectivity index (χ3v) is 16.8. The number of nitrogens with zero attached hydrogens (tertiary/aromatic N) is 6. The number of hydrogen-bond acceptors (Lipinski definition) is 17. The molecule has 5 amide bonds. The Balaban J connectivity index is 0.643. The molecule has 2 aromatic heterocycles. The lowest BCUT2D eigenvalue weighted by Crippen LogP contribution is -2.53. The number of aromatic amines is 2. The molecule has 0 aliphatic carbocycles. The van der Waals surface area contributed by atoms with Gasteiger partial charge in [0, 0.05) is 80.0 Å². The van der Waals surface area contributed by atoms with Gasteiger partial charge in [0.1, 0.15) is 36.1 Å². The number of unbranched alkanes of at least 4 members (excludes halogenated alkanes) is 2. The number of methoxy groups -OCH3 is 1. The van der Waals surface area contributed by atoms with Gasteiger partial charge < -0.3 is 79.5 Å². The van der Waals surface area contributed by atoms with Crippen molar-refractivity contribution in [1.29, 1.82) is 0 Å². The van der Waals surface area contributed by atoms with Gasteiger partial charge in [-0.05, 0) is 137 Å². The topological polar surface area (TPSA) is 282 Å². The van der Waals surface area contributed by atoms with E-state index in [-0.39, 0.29) is 68.3 Å². The van der Waals surface area contributed by atoms with Gasteiger partial charge in [0.2, 0.25) is 17.7 Å². The number of piperazine rings is 1. The number of amides is 5. The van der Waals surface area contributed by atoms with Gasteiger partial charge in [0.25, 0.3) is 5.91 Å². The monoisotopic (exact) mass is 1270 g/mol. The average molecular weight is 1280 g/mol. The first-order valence-corrected chi connectivity index (χ1v) is 32.0. The molecule has 24 nitrogen and oxygen atoms in total. The number of nitrogen functional groups attached to an aromatic ring is 1. The molecular weight excluding hydrogens is 1190 g/mol. The average Bonchev–Trinajstić information content (AvgIpc) is 1.70. The van der Waals surface area contributed by atoms with Gasteiger partial charge in [-0.2, -0.15) is 0 Å². The molecule has 0 radical (unpaired) electrons. The highest BCUT2D eigenvalue weighted by atomic mass is 16.6. The lowest BCUT2D eigenvalue weighted by molar-refractivity contribution is -0.132. The third-order valence-electron chi connectivity index (χ3n) is 16.8. The van der Waals surface area contributed by atoms with Crippen molar-refractivity contribution in [2.24, 2.45) is 5.92 Å². The molecule has 3 fully saturated rings. The molecule has 0 spiro atoms. The summed E-state index contributed by atoms with van der Waals surface area (Å²) in [4.78, 5) is 91.7. The number of likely N-dealkylation sites (N-methyl/N-ethyl adjacent to an activating group) is 1. The van der Waals surface area contributed by atoms with Crippen molar-refractivity contribution < 1.29 is 57.1 Å². The summed E-state index contributed by atoms with van der Waals surface area (Å²) in [5.41, 5.74) is 15.8. The number of rotatable bonds is 29. The summed E-state index contributed by atoms with van der Waals surface area (Å²) in [7, 11) is 3.67. The largest absolute Gasteiger partial charge is 0.494 e. The Hall–Kier alpha value is -9.23. The van der Waals surface area contributed by atoms with E-state index in [0.717, 1.165) is 102 Å². The van der Waals surface area contributed by atoms with Crippen molar-refractivity contribution >= 4 is 68.9 Å². The number of carbonyl (C=O) groups excluding carboxylic acids is 5. The van der Waals surface area contributed by atoms with Crippen LogP contribution in [0, 0.1) is 5.92 Å². The van der Waals surface area contributed by atoms with Crippen LogP contribution in [0.2, 0.25) is 0 Å². The number of hydrogen-bond donors (Lipinski definition) is 6. The minimum atomic E-state index is -0.928. The number of benzene rings is 5. The van der Waals surface area contributed by atoms with Crippen LogP contribution in [0.1, 0.15) is 75.7 Å². The molecule has 7 aromatic rings. The van der Waals surface area contributed by atoms with E-state index in [4.69, 9.17) is 48.9 Å². The predicted molar refractivity (Wildman–Crippen MR) is 355 cm³/mol. The van der Waals surface area contributed by atoms with Crippen LogP contribution in [0.3, 0.4) is 0 Å². The van der Waals surface area contributed by atoms with Gasteiger partial charge in [-0.3, -0.25) is 24.1 Å². The van der Waals surface area contributed by atoms with Gasteiger partial charge in [-0.15, -0.1) is 0 Å². The maximum absolute atomic E-state index is 14.4. The van der Waals surface area contributed by atoms with Gasteiger partial charge in [-0.25, -0.2) is 14.8 Å². The quantitative estimate of drug-likeness (QED) is 0.0145. The zero-order valence-corrected chi connectivity index (χ0v) is 53.9. The molecule has 10 rings (SSSR count). The van der Waals surface area contributed by atoms with Gasteiger partial charge in [0.15, 0.2) is 17.7 Å². The molecule has 0 saturated carbocycles. The highest BCUT2D eigenvalue weighted by molar-refractivity contribution is 6.01. The van der Waals surface area contributed by atoms with Gasteiger partial charge in [0.05, 0.1) is 87.0 Å². The van der Waals surface area contributed by atoms with E-state index in [0.29, 0.717) is 62.2 Å². The van der Waals surface area contributed by atoms with Crippen LogP contribution < -0.4 is 40.8 Å². The third kappa shape index (κ3) is 17.1. The van der Waals surface area contributed by atoms with E-state index in [1.807, 2.05) is 43.3 Å². The van der Waals surface area contributed by atoms with Crippen LogP contribution in [0.5, 0.6) is 17.2 Å². The lowest BCUT2D eigenvalue weighted by Gasteiger charge is -2.34. The summed E-state index contributed by atoms with van der Waals surface area (Å²) in [6.45, 7) is 18.4. The van der Waals surface area contributed by atoms with E-state index in [1.165, 1.54) is 17.7 Å². The summed E-state index contributed by atoms with van der Waals surface area (Å²) in [5.74, 6) is 1.17. The fourth-order valence-electron chi connectivity index (χ4n) is 11.5. The van der Waals surface area contributed by atoms with E-state index in [2.05, 4.69) is 73.6 Å². The first-order valence-electron chi connectivity index (χ1n) is 32.0. The Kier molecular flexibility index (Phi) is 22.5. The molecule has 4 atom stereocenters. The van der Waals surface area contributed by atoms with Gasteiger partial charge >= 0.3 is 6.09 Å². The molecule has 24 heteroatoms. The minimum Gasteiger partial charge on any atom is -0.494 e. The number of fused-ring (bicyclic) bond motifs is 2. The fraction of sp³-hybridized carbons (Fsp3) is 0.435. The SMILES string of the molecule is C=C1C[C@@H](C2OCCN2C(=O)OCc2ccc(NC(=O)[C@H](C)NC(=O)[C@@H](NC(=O)CCOCCOCC)C(C)C)cc2)N(C(=O)c2cc(OC)c(OCCCCCOc3ccc(-c4nc5ccc(-c6nc7ccc(N8CCN(C)CC8)cc7[nH]6)cc5[nH]4)cc3)cc2N)C1. The first kappa shape index (κ1) is 66.7. The second kappa shape index (κ2) is 31.4. The standard InChI is InChI=1S/C69H86N12O12/c1-8-88-34-35-89-32-24-61(82)77-62(43(2)3)66(84)71-45(5)65(83)72-49-17-12-46(13-18-49)42-93-69(86)80-29-33-92-68(80)58-36-44(4)41-81(58)67(85)52-39-59(87-7)60(40-53(52)70)91-31-11-9-10-30-90-51-20-14-47(15-21-51)63-73-54-22-16-48(37-56(54)75-63)64-74-55-23-19-50(38-57(55)76-64)79-27-25-78(6)26-28-79/h12-23,37-40,43,45,58,62,68H,4,8-11,24-36,41-42,70H2,1-3,5-7H3,(H,71,84)(H,72,83)(H,73,75)(H,74,76)(H,77,82)/t45-,58-,62-,68?/m0/s1. The number of ether oxygens (including phenoxy) is 7. The molecule has 0 bridgehead atoms. The molecule has 494 valence electrons. The van der Waals surface area contributed by atoms with Crippen molar-refractivity contribution in [3.05, 3.63) is 120 Å². The fourth-order valence-corrected chi connectivity index (χ4v) is 11.5. The van der Waals surface area contributed by atoms with Crippen molar-refractivity contribution in [3.63, 3.8) is 0 Å². The number of H-pyrrole nitrogens is 2. The number of likely N-dealkylation sites (tertiary alicyclic amines) is 1. The normalized spacial score (nSPS) is 16.6. The maximum Gasteiger partial charge on any atom is 0.412 e. The predicted octanol–water partition coefficient (Wildman–Crippen LogP) is 8.54. The molecule has 3 aliphatic heterocycles. The van der Waals surface area contributed by atoms with Crippen LogP contribution in [-0.4, -0.2) is 188 Å². The number of nitrogens with two attached hydrogens (primary N) is 1. The summed E-state index contributed by atoms with van der Waals surface area (Å²) in [5, 5.41) is 8.22. The molecule has 7 N–H and O–H groups in total.